The molecule has 0 bridgehead atoms. The fourth-order valence-corrected chi connectivity index (χ4v) is 1.66. The SMILES string of the molecule is CCC(C)CCOC(=O)c1ccc(C(=O)OC(C)C)cc1. The van der Waals surface area contributed by atoms with Crippen molar-refractivity contribution in [1.29, 1.82) is 0 Å². The third kappa shape index (κ3) is 5.98. The molecule has 116 valence electrons. The van der Waals surface area contributed by atoms with Crippen LogP contribution in [0.3, 0.4) is 0 Å². The lowest BCUT2D eigenvalue weighted by Crippen LogP contribution is -2.12. The highest BCUT2D eigenvalue weighted by molar-refractivity contribution is 5.93. The van der Waals surface area contributed by atoms with Gasteiger partial charge in [0.05, 0.1) is 23.8 Å². The highest BCUT2D eigenvalue weighted by atomic mass is 16.5. The molecule has 4 heteroatoms. The van der Waals surface area contributed by atoms with E-state index in [1.54, 1.807) is 38.1 Å². The third-order valence-electron chi connectivity index (χ3n) is 3.24. The molecule has 1 unspecified atom stereocenters. The first-order chi connectivity index (χ1) is 9.93. The molecule has 0 spiro atoms. The molecule has 1 aromatic rings. The predicted octanol–water partition coefficient (Wildman–Crippen LogP) is 3.84. The zero-order chi connectivity index (χ0) is 15.8. The molecule has 1 atom stereocenters. The second kappa shape index (κ2) is 8.45. The van der Waals surface area contributed by atoms with Gasteiger partial charge in [0.1, 0.15) is 0 Å². The Kier molecular flexibility index (Phi) is 6.92. The first kappa shape index (κ1) is 17.2. The van der Waals surface area contributed by atoms with Crippen LogP contribution in [0.2, 0.25) is 0 Å². The fraction of sp³-hybridized carbons (Fsp3) is 0.529. The van der Waals surface area contributed by atoms with E-state index < -0.39 is 0 Å². The molecule has 0 heterocycles. The maximum atomic E-state index is 11.8. The summed E-state index contributed by atoms with van der Waals surface area (Å²) in [5.41, 5.74) is 0.875. The van der Waals surface area contributed by atoms with Gasteiger partial charge in [-0.2, -0.15) is 0 Å². The number of carbonyl (C=O) groups excluding carboxylic acids is 2. The number of ether oxygens (including phenoxy) is 2. The molecule has 4 nitrogen and oxygen atoms in total. The number of hydrogen-bond donors (Lipinski definition) is 0. The van der Waals surface area contributed by atoms with Crippen molar-refractivity contribution in [2.45, 2.75) is 46.6 Å². The Morgan fingerprint density at radius 2 is 1.52 bits per heavy atom. The van der Waals surface area contributed by atoms with Crippen molar-refractivity contribution in [2.75, 3.05) is 6.61 Å². The van der Waals surface area contributed by atoms with Crippen LogP contribution < -0.4 is 0 Å². The molecule has 0 saturated heterocycles. The van der Waals surface area contributed by atoms with Gasteiger partial charge in [0.2, 0.25) is 0 Å². The quantitative estimate of drug-likeness (QED) is 0.716. The van der Waals surface area contributed by atoms with Gasteiger partial charge >= 0.3 is 11.9 Å². The number of hydrogen-bond acceptors (Lipinski definition) is 4. The molecule has 0 saturated carbocycles. The van der Waals surface area contributed by atoms with Crippen molar-refractivity contribution in [2.24, 2.45) is 5.92 Å². The normalized spacial score (nSPS) is 12.0. The van der Waals surface area contributed by atoms with Crippen LogP contribution in [0.1, 0.15) is 61.3 Å². The molecule has 0 amide bonds. The van der Waals surface area contributed by atoms with Crippen LogP contribution in [-0.4, -0.2) is 24.6 Å². The summed E-state index contributed by atoms with van der Waals surface area (Å²) >= 11 is 0. The van der Waals surface area contributed by atoms with Gasteiger partial charge in [0.25, 0.3) is 0 Å². The molecule has 0 aliphatic heterocycles. The lowest BCUT2D eigenvalue weighted by Gasteiger charge is -2.10. The summed E-state index contributed by atoms with van der Waals surface area (Å²) < 4.78 is 10.3. The van der Waals surface area contributed by atoms with E-state index >= 15 is 0 Å². The molecule has 0 N–H and O–H groups in total. The summed E-state index contributed by atoms with van der Waals surface area (Å²) in [6.07, 6.45) is 1.77. The summed E-state index contributed by atoms with van der Waals surface area (Å²) in [7, 11) is 0. The predicted molar refractivity (Wildman–Crippen MR) is 81.3 cm³/mol. The molecule has 0 fully saturated rings. The molecule has 0 aliphatic rings. The second-order valence-electron chi connectivity index (χ2n) is 5.47. The molecule has 1 aromatic carbocycles. The summed E-state index contributed by atoms with van der Waals surface area (Å²) in [4.78, 5) is 23.5. The third-order valence-corrected chi connectivity index (χ3v) is 3.24. The molecule has 0 aromatic heterocycles. The van der Waals surface area contributed by atoms with E-state index in [2.05, 4.69) is 13.8 Å². The minimum atomic E-state index is -0.387. The molecule has 0 radical (unpaired) electrons. The summed E-state index contributed by atoms with van der Waals surface area (Å²) in [5.74, 6) is -0.199. The van der Waals surface area contributed by atoms with Crippen LogP contribution >= 0.6 is 0 Å². The Morgan fingerprint density at radius 3 is 2.00 bits per heavy atom. The standard InChI is InChI=1S/C17H24O4/c1-5-13(4)10-11-20-16(18)14-6-8-15(9-7-14)17(19)21-12(2)3/h6-9,12-13H,5,10-11H2,1-4H3. The van der Waals surface area contributed by atoms with Crippen LogP contribution in [0.4, 0.5) is 0 Å². The van der Waals surface area contributed by atoms with Gasteiger partial charge in [0.15, 0.2) is 0 Å². The van der Waals surface area contributed by atoms with Crippen molar-refractivity contribution >= 4 is 11.9 Å². The van der Waals surface area contributed by atoms with E-state index in [1.807, 2.05) is 0 Å². The monoisotopic (exact) mass is 292 g/mol. The fourth-order valence-electron chi connectivity index (χ4n) is 1.66. The number of esters is 2. The summed E-state index contributed by atoms with van der Waals surface area (Å²) in [5, 5.41) is 0. The maximum Gasteiger partial charge on any atom is 0.338 e. The highest BCUT2D eigenvalue weighted by Crippen LogP contribution is 2.10. The topological polar surface area (TPSA) is 52.6 Å². The van der Waals surface area contributed by atoms with Gasteiger partial charge in [-0.3, -0.25) is 0 Å². The first-order valence-corrected chi connectivity index (χ1v) is 7.42. The molecule has 0 aliphatic carbocycles. The van der Waals surface area contributed by atoms with E-state index in [0.29, 0.717) is 23.7 Å². The minimum Gasteiger partial charge on any atom is -0.462 e. The van der Waals surface area contributed by atoms with Gasteiger partial charge < -0.3 is 9.47 Å². The van der Waals surface area contributed by atoms with Crippen molar-refractivity contribution in [3.8, 4) is 0 Å². The second-order valence-corrected chi connectivity index (χ2v) is 5.47. The molecular formula is C17H24O4. The van der Waals surface area contributed by atoms with Crippen LogP contribution in [-0.2, 0) is 9.47 Å². The Labute approximate surface area is 126 Å². The van der Waals surface area contributed by atoms with E-state index in [4.69, 9.17) is 9.47 Å². The molecule has 1 rings (SSSR count). The minimum absolute atomic E-state index is 0.164. The first-order valence-electron chi connectivity index (χ1n) is 7.42. The van der Waals surface area contributed by atoms with Gasteiger partial charge in [-0.1, -0.05) is 20.3 Å². The summed E-state index contributed by atoms with van der Waals surface area (Å²) in [6.45, 7) is 8.25. The Morgan fingerprint density at radius 1 is 1.00 bits per heavy atom. The number of carbonyl (C=O) groups is 2. The van der Waals surface area contributed by atoms with Crippen molar-refractivity contribution < 1.29 is 19.1 Å². The van der Waals surface area contributed by atoms with Crippen LogP contribution in [0.25, 0.3) is 0 Å². The van der Waals surface area contributed by atoms with Gasteiger partial charge in [-0.25, -0.2) is 9.59 Å². The zero-order valence-corrected chi connectivity index (χ0v) is 13.2. The average molecular weight is 292 g/mol. The van der Waals surface area contributed by atoms with E-state index in [-0.39, 0.29) is 18.0 Å². The van der Waals surface area contributed by atoms with Gasteiger partial charge in [-0.05, 0) is 50.5 Å². The van der Waals surface area contributed by atoms with Crippen LogP contribution in [0.15, 0.2) is 24.3 Å². The lowest BCUT2D eigenvalue weighted by molar-refractivity contribution is 0.0375. The average Bonchev–Trinajstić information content (AvgIpc) is 2.46. The van der Waals surface area contributed by atoms with Crippen LogP contribution in [0.5, 0.6) is 0 Å². The van der Waals surface area contributed by atoms with Crippen molar-refractivity contribution in [3.63, 3.8) is 0 Å². The summed E-state index contributed by atoms with van der Waals surface area (Å²) in [6, 6.07) is 6.33. The number of rotatable bonds is 7. The Bertz CT molecular complexity index is 462. The Hall–Kier alpha value is -1.84. The maximum absolute atomic E-state index is 11.8. The lowest BCUT2D eigenvalue weighted by atomic mass is 10.1. The number of benzene rings is 1. The largest absolute Gasteiger partial charge is 0.462 e. The highest BCUT2D eigenvalue weighted by Gasteiger charge is 2.12. The van der Waals surface area contributed by atoms with E-state index in [0.717, 1.165) is 12.8 Å². The van der Waals surface area contributed by atoms with Crippen LogP contribution in [0, 0.1) is 5.92 Å². The Balaban J connectivity index is 2.53. The van der Waals surface area contributed by atoms with Crippen molar-refractivity contribution in [3.05, 3.63) is 35.4 Å². The van der Waals surface area contributed by atoms with Gasteiger partial charge in [-0.15, -0.1) is 0 Å². The van der Waals surface area contributed by atoms with Crippen molar-refractivity contribution in [1.82, 2.24) is 0 Å². The van der Waals surface area contributed by atoms with E-state index in [1.165, 1.54) is 0 Å². The zero-order valence-electron chi connectivity index (χ0n) is 13.2. The van der Waals surface area contributed by atoms with Gasteiger partial charge in [0, 0.05) is 0 Å². The molecule has 21 heavy (non-hydrogen) atoms. The van der Waals surface area contributed by atoms with E-state index in [9.17, 15) is 9.59 Å². The smallest absolute Gasteiger partial charge is 0.338 e. The molecular weight excluding hydrogens is 268 g/mol.